The van der Waals surface area contributed by atoms with E-state index in [1.807, 2.05) is 0 Å². The number of aryl methyl sites for hydroxylation is 1. The molecule has 0 saturated heterocycles. The second kappa shape index (κ2) is 5.93. The maximum Gasteiger partial charge on any atom is 0.223 e. The first-order valence-electron chi connectivity index (χ1n) is 6.66. The van der Waals surface area contributed by atoms with E-state index in [4.69, 9.17) is 9.26 Å². The molecule has 1 aromatic carbocycles. The molecule has 2 heterocycles. The average molecular weight is 338 g/mol. The molecule has 1 N–H and O–H groups in total. The zero-order valence-electron chi connectivity index (χ0n) is 11.3. The van der Waals surface area contributed by atoms with Crippen LogP contribution in [0.25, 0.3) is 0 Å². The zero-order valence-corrected chi connectivity index (χ0v) is 12.9. The third-order valence-electron chi connectivity index (χ3n) is 3.24. The molecule has 1 aliphatic heterocycles. The van der Waals surface area contributed by atoms with Crippen molar-refractivity contribution in [2.75, 3.05) is 13.2 Å². The van der Waals surface area contributed by atoms with Crippen LogP contribution >= 0.6 is 15.9 Å². The van der Waals surface area contributed by atoms with Gasteiger partial charge in [-0.2, -0.15) is 4.98 Å². The molecule has 0 radical (unpaired) electrons. The van der Waals surface area contributed by atoms with Crippen molar-refractivity contribution < 1.29 is 9.26 Å². The lowest BCUT2D eigenvalue weighted by atomic mass is 10.1. The smallest absolute Gasteiger partial charge is 0.223 e. The Morgan fingerprint density at radius 2 is 2.30 bits per heavy atom. The van der Waals surface area contributed by atoms with Crippen molar-refractivity contribution in [2.45, 2.75) is 26.3 Å². The van der Waals surface area contributed by atoms with E-state index in [2.05, 4.69) is 43.5 Å². The fourth-order valence-electron chi connectivity index (χ4n) is 2.34. The molecule has 1 aromatic heterocycles. The lowest BCUT2D eigenvalue weighted by molar-refractivity contribution is 0.352. The van der Waals surface area contributed by atoms with Crippen LogP contribution in [0, 0.1) is 6.92 Å². The van der Waals surface area contributed by atoms with Crippen molar-refractivity contribution in [2.24, 2.45) is 0 Å². The number of hydrogen-bond acceptors (Lipinski definition) is 5. The summed E-state index contributed by atoms with van der Waals surface area (Å²) >= 11 is 3.55. The highest BCUT2D eigenvalue weighted by atomic mass is 79.9. The Labute approximate surface area is 125 Å². The minimum Gasteiger partial charge on any atom is -0.493 e. The Morgan fingerprint density at radius 3 is 3.10 bits per heavy atom. The SMILES string of the molecule is Cc1nc(CCNCc2cc(Br)cc3c2OCC3)no1. The summed E-state index contributed by atoms with van der Waals surface area (Å²) in [5.74, 6) is 2.39. The molecule has 0 amide bonds. The zero-order chi connectivity index (χ0) is 13.9. The number of benzene rings is 1. The minimum absolute atomic E-state index is 0.609. The summed E-state index contributed by atoms with van der Waals surface area (Å²) in [6, 6.07) is 4.24. The number of fused-ring (bicyclic) bond motifs is 1. The highest BCUT2D eigenvalue weighted by Crippen LogP contribution is 2.32. The first kappa shape index (κ1) is 13.6. The summed E-state index contributed by atoms with van der Waals surface area (Å²) in [7, 11) is 0. The van der Waals surface area contributed by atoms with Gasteiger partial charge in [-0.25, -0.2) is 0 Å². The molecule has 0 atom stereocenters. The largest absolute Gasteiger partial charge is 0.493 e. The van der Waals surface area contributed by atoms with Gasteiger partial charge in [0.05, 0.1) is 6.61 Å². The normalized spacial score (nSPS) is 13.3. The van der Waals surface area contributed by atoms with Gasteiger partial charge in [-0.05, 0) is 17.7 Å². The molecule has 3 rings (SSSR count). The number of ether oxygens (including phenoxy) is 1. The van der Waals surface area contributed by atoms with Gasteiger partial charge in [-0.15, -0.1) is 0 Å². The Kier molecular flexibility index (Phi) is 4.03. The number of halogens is 1. The highest BCUT2D eigenvalue weighted by Gasteiger charge is 2.17. The minimum atomic E-state index is 0.609. The number of nitrogens with one attached hydrogen (secondary N) is 1. The molecule has 0 unspecified atom stereocenters. The molecule has 0 fully saturated rings. The maximum atomic E-state index is 5.70. The number of nitrogens with zero attached hydrogens (tertiary/aromatic N) is 2. The second-order valence-corrected chi connectivity index (χ2v) is 5.72. The topological polar surface area (TPSA) is 60.2 Å². The molecule has 0 bridgehead atoms. The summed E-state index contributed by atoms with van der Waals surface area (Å²) < 4.78 is 11.7. The monoisotopic (exact) mass is 337 g/mol. The quantitative estimate of drug-likeness (QED) is 0.849. The van der Waals surface area contributed by atoms with Crippen LogP contribution in [0.15, 0.2) is 21.1 Å². The fourth-order valence-corrected chi connectivity index (χ4v) is 2.90. The lowest BCUT2D eigenvalue weighted by Gasteiger charge is -2.09. The Bertz CT molecular complexity index is 612. The van der Waals surface area contributed by atoms with Crippen molar-refractivity contribution in [3.63, 3.8) is 0 Å². The standard InChI is InChI=1S/C14H16BrN3O2/c1-9-17-13(18-20-9)2-4-16-8-11-7-12(15)6-10-3-5-19-14(10)11/h6-7,16H,2-5,8H2,1H3. The van der Waals surface area contributed by atoms with Gasteiger partial charge in [0, 0.05) is 42.9 Å². The number of aromatic nitrogens is 2. The van der Waals surface area contributed by atoms with E-state index >= 15 is 0 Å². The van der Waals surface area contributed by atoms with Gasteiger partial charge in [0.1, 0.15) is 5.75 Å². The molecule has 0 saturated carbocycles. The summed E-state index contributed by atoms with van der Waals surface area (Å²) in [5, 5.41) is 7.27. The second-order valence-electron chi connectivity index (χ2n) is 4.81. The van der Waals surface area contributed by atoms with Gasteiger partial charge >= 0.3 is 0 Å². The van der Waals surface area contributed by atoms with Crippen LogP contribution in [-0.2, 0) is 19.4 Å². The van der Waals surface area contributed by atoms with Gasteiger partial charge < -0.3 is 14.6 Å². The van der Waals surface area contributed by atoms with E-state index in [1.165, 1.54) is 11.1 Å². The molecule has 0 spiro atoms. The summed E-state index contributed by atoms with van der Waals surface area (Å²) in [4.78, 5) is 4.18. The summed E-state index contributed by atoms with van der Waals surface area (Å²) in [6.45, 7) is 4.16. The van der Waals surface area contributed by atoms with Gasteiger partial charge in [-0.3, -0.25) is 0 Å². The third kappa shape index (κ3) is 3.02. The molecule has 2 aromatic rings. The van der Waals surface area contributed by atoms with Crippen LogP contribution in [0.2, 0.25) is 0 Å². The van der Waals surface area contributed by atoms with Crippen LogP contribution in [0.5, 0.6) is 5.75 Å². The van der Waals surface area contributed by atoms with Crippen LogP contribution < -0.4 is 10.1 Å². The van der Waals surface area contributed by atoms with E-state index in [-0.39, 0.29) is 0 Å². The van der Waals surface area contributed by atoms with Crippen molar-refractivity contribution in [1.29, 1.82) is 0 Å². The lowest BCUT2D eigenvalue weighted by Crippen LogP contribution is -2.17. The van der Waals surface area contributed by atoms with Gasteiger partial charge in [0.15, 0.2) is 5.82 Å². The number of rotatable bonds is 5. The van der Waals surface area contributed by atoms with Crippen LogP contribution in [0.1, 0.15) is 22.8 Å². The molecular formula is C14H16BrN3O2. The molecule has 0 aliphatic carbocycles. The van der Waals surface area contributed by atoms with E-state index < -0.39 is 0 Å². The van der Waals surface area contributed by atoms with Gasteiger partial charge in [0.25, 0.3) is 0 Å². The van der Waals surface area contributed by atoms with Crippen molar-refractivity contribution in [1.82, 2.24) is 15.5 Å². The average Bonchev–Trinajstić information content (AvgIpc) is 3.03. The molecule has 20 heavy (non-hydrogen) atoms. The van der Waals surface area contributed by atoms with E-state index in [9.17, 15) is 0 Å². The van der Waals surface area contributed by atoms with E-state index in [0.29, 0.717) is 5.89 Å². The van der Waals surface area contributed by atoms with Gasteiger partial charge in [0.2, 0.25) is 5.89 Å². The molecule has 106 valence electrons. The van der Waals surface area contributed by atoms with Crippen LogP contribution in [0.4, 0.5) is 0 Å². The predicted octanol–water partition coefficient (Wildman–Crippen LogP) is 2.41. The van der Waals surface area contributed by atoms with E-state index in [0.717, 1.165) is 48.6 Å². The maximum absolute atomic E-state index is 5.70. The highest BCUT2D eigenvalue weighted by molar-refractivity contribution is 9.10. The van der Waals surface area contributed by atoms with Crippen molar-refractivity contribution in [3.05, 3.63) is 39.4 Å². The fraction of sp³-hybridized carbons (Fsp3) is 0.429. The number of hydrogen-bond donors (Lipinski definition) is 1. The van der Waals surface area contributed by atoms with Crippen LogP contribution in [0.3, 0.4) is 0 Å². The van der Waals surface area contributed by atoms with Crippen molar-refractivity contribution in [3.8, 4) is 5.75 Å². The molecule has 6 heteroatoms. The Balaban J connectivity index is 1.56. The molecule has 1 aliphatic rings. The Morgan fingerprint density at radius 1 is 1.40 bits per heavy atom. The molecule has 5 nitrogen and oxygen atoms in total. The first-order chi connectivity index (χ1) is 9.72. The Hall–Kier alpha value is -1.40. The van der Waals surface area contributed by atoms with Crippen molar-refractivity contribution >= 4 is 15.9 Å². The first-order valence-corrected chi connectivity index (χ1v) is 7.45. The summed E-state index contributed by atoms with van der Waals surface area (Å²) in [5.41, 5.74) is 2.47. The molecular weight excluding hydrogens is 322 g/mol. The predicted molar refractivity (Wildman–Crippen MR) is 77.8 cm³/mol. The van der Waals surface area contributed by atoms with Gasteiger partial charge in [-0.1, -0.05) is 21.1 Å². The summed E-state index contributed by atoms with van der Waals surface area (Å²) in [6.07, 6.45) is 1.75. The van der Waals surface area contributed by atoms with Crippen LogP contribution in [-0.4, -0.2) is 23.3 Å². The third-order valence-corrected chi connectivity index (χ3v) is 3.69. The van der Waals surface area contributed by atoms with E-state index in [1.54, 1.807) is 6.92 Å².